The van der Waals surface area contributed by atoms with Crippen molar-refractivity contribution in [2.45, 2.75) is 171 Å². The molecule has 1 unspecified atom stereocenters. The van der Waals surface area contributed by atoms with E-state index in [4.69, 9.17) is 21.1 Å². The molecule has 0 aliphatic heterocycles. The number of carbonyl (C=O) groups excluding carboxylic acids is 5. The van der Waals surface area contributed by atoms with Gasteiger partial charge in [0.25, 0.3) is 0 Å². The summed E-state index contributed by atoms with van der Waals surface area (Å²) < 4.78 is 12.6. The summed E-state index contributed by atoms with van der Waals surface area (Å²) in [6.07, 6.45) is 20.1. The first-order valence-corrected chi connectivity index (χ1v) is 29.1. The molecule has 4 amide bonds. The number of nitrogens with one attached hydrogen (secondary N) is 2. The number of likely N-dealkylation sites (N-methyl/N-ethyl adjacent to an activating group) is 4. The number of benzene rings is 3. The first-order valence-electron chi connectivity index (χ1n) is 28.7. The van der Waals surface area contributed by atoms with Gasteiger partial charge in [-0.15, -0.1) is 0 Å². The van der Waals surface area contributed by atoms with Crippen molar-refractivity contribution in [3.05, 3.63) is 106 Å². The summed E-state index contributed by atoms with van der Waals surface area (Å²) in [4.78, 5) is 79.1. The van der Waals surface area contributed by atoms with Crippen LogP contribution in [0.4, 0.5) is 0 Å². The van der Waals surface area contributed by atoms with Crippen LogP contribution in [-0.4, -0.2) is 142 Å². The number of amides is 4. The van der Waals surface area contributed by atoms with Gasteiger partial charge in [-0.1, -0.05) is 195 Å². The summed E-state index contributed by atoms with van der Waals surface area (Å²) >= 11 is 7.15. The average Bonchev–Trinajstić information content (AvgIpc) is 3.89. The molecule has 14 heteroatoms. The van der Waals surface area contributed by atoms with Gasteiger partial charge in [0.2, 0.25) is 23.6 Å². The quantitative estimate of drug-likeness (QED) is 0.0539. The predicted molar refractivity (Wildman–Crippen MR) is 305 cm³/mol. The van der Waals surface area contributed by atoms with E-state index in [1.165, 1.54) is 104 Å². The average molecular weight is 1070 g/mol. The molecule has 0 aromatic heterocycles. The van der Waals surface area contributed by atoms with E-state index in [9.17, 15) is 14.4 Å². The Labute approximate surface area is 461 Å². The fourth-order valence-corrected chi connectivity index (χ4v) is 11.6. The van der Waals surface area contributed by atoms with E-state index in [2.05, 4.69) is 34.9 Å². The maximum absolute atomic E-state index is 15.2. The van der Waals surface area contributed by atoms with Gasteiger partial charge in [-0.2, -0.15) is 0 Å². The summed E-state index contributed by atoms with van der Waals surface area (Å²) in [6, 6.07) is 23.1. The lowest BCUT2D eigenvalue weighted by molar-refractivity contribution is -0.160. The third-order valence-corrected chi connectivity index (χ3v) is 16.4. The standard InChI is InChI=1S/C62H93ClN6O7/c1-9-47(2)57(69(8)60(74)61(39-27-28-40-61)65-55(70)46-64-41-43-75-44-42-66(3)4)59(73)68(7)54(58(72)67(5)6)45-56(71)76-62(50-31-23-20-24-32-50,52-33-25-26-34-53(52)63)51-37-35-49(36-38-51)48-29-21-18-16-14-12-10-11-13-15-17-19-22-30-48/h20,23-26,31-38,47-48,54,57,64H,9-19,21-22,27-30,39-46H2,1-8H3,(H,65,70)/t47-,54-,57-,62?/m0/s1. The van der Waals surface area contributed by atoms with Gasteiger partial charge >= 0.3 is 5.97 Å². The van der Waals surface area contributed by atoms with Gasteiger partial charge in [0.1, 0.15) is 17.6 Å². The molecule has 13 nitrogen and oxygen atoms in total. The Bertz CT molecular complexity index is 2240. The maximum atomic E-state index is 15.2. The number of carbonyl (C=O) groups is 5. The minimum atomic E-state index is -1.55. The van der Waals surface area contributed by atoms with Gasteiger partial charge in [0.05, 0.1) is 26.2 Å². The van der Waals surface area contributed by atoms with Crippen molar-refractivity contribution < 1.29 is 33.4 Å². The molecule has 2 N–H and O–H groups in total. The summed E-state index contributed by atoms with van der Waals surface area (Å²) in [5.41, 5.74) is 0.443. The Kier molecular flexibility index (Phi) is 25.7. The Hall–Kier alpha value is -4.82. The molecular weight excluding hydrogens is 976 g/mol. The molecule has 0 saturated heterocycles. The van der Waals surface area contributed by atoms with Crippen LogP contribution in [0.1, 0.15) is 170 Å². The van der Waals surface area contributed by atoms with Gasteiger partial charge in [-0.3, -0.25) is 24.0 Å². The van der Waals surface area contributed by atoms with Crippen LogP contribution in [0, 0.1) is 5.92 Å². The smallest absolute Gasteiger partial charge is 0.310 e. The summed E-state index contributed by atoms with van der Waals surface area (Å²) in [6.45, 7) is 6.14. The molecule has 0 bridgehead atoms. The number of hydrogen-bond acceptors (Lipinski definition) is 9. The molecule has 3 aromatic rings. The molecule has 0 heterocycles. The van der Waals surface area contributed by atoms with Crippen LogP contribution in [0.5, 0.6) is 0 Å². The topological polar surface area (TPSA) is 141 Å². The Morgan fingerprint density at radius 3 is 1.79 bits per heavy atom. The van der Waals surface area contributed by atoms with Crippen LogP contribution in [-0.2, 0) is 39.0 Å². The number of hydrogen-bond donors (Lipinski definition) is 2. The molecule has 5 rings (SSSR count). The molecule has 2 aliphatic carbocycles. The predicted octanol–water partition coefficient (Wildman–Crippen LogP) is 10.5. The molecule has 76 heavy (non-hydrogen) atoms. The first kappa shape index (κ1) is 62.0. The van der Waals surface area contributed by atoms with Gasteiger partial charge in [-0.05, 0) is 63.2 Å². The van der Waals surface area contributed by atoms with Crippen LogP contribution >= 0.6 is 11.6 Å². The van der Waals surface area contributed by atoms with Crippen LogP contribution in [0.3, 0.4) is 0 Å². The highest BCUT2D eigenvalue weighted by atomic mass is 35.5. The zero-order chi connectivity index (χ0) is 55.1. The second-order valence-electron chi connectivity index (χ2n) is 22.2. The van der Waals surface area contributed by atoms with Crippen molar-refractivity contribution in [3.63, 3.8) is 0 Å². The lowest BCUT2D eigenvalue weighted by atomic mass is 9.78. The summed E-state index contributed by atoms with van der Waals surface area (Å²) in [7, 11) is 10.3. The van der Waals surface area contributed by atoms with Gasteiger partial charge in [0.15, 0.2) is 5.60 Å². The second-order valence-corrected chi connectivity index (χ2v) is 22.6. The van der Waals surface area contributed by atoms with Crippen molar-refractivity contribution in [3.8, 4) is 0 Å². The van der Waals surface area contributed by atoms with Crippen LogP contribution in [0.15, 0.2) is 78.9 Å². The third-order valence-electron chi connectivity index (χ3n) is 16.1. The zero-order valence-electron chi connectivity index (χ0n) is 47.5. The Morgan fingerprint density at radius 1 is 0.684 bits per heavy atom. The highest BCUT2D eigenvalue weighted by Crippen LogP contribution is 2.45. The van der Waals surface area contributed by atoms with Crippen molar-refractivity contribution >= 4 is 41.2 Å². The number of ether oxygens (including phenoxy) is 2. The van der Waals surface area contributed by atoms with Crippen molar-refractivity contribution in [2.75, 3.05) is 75.1 Å². The first-order chi connectivity index (χ1) is 36.6. The highest BCUT2D eigenvalue weighted by molar-refractivity contribution is 6.31. The van der Waals surface area contributed by atoms with Gasteiger partial charge in [-0.25, -0.2) is 0 Å². The fraction of sp³-hybridized carbons (Fsp3) is 0.629. The van der Waals surface area contributed by atoms with Gasteiger partial charge < -0.3 is 39.7 Å². The molecular formula is C62H93ClN6O7. The van der Waals surface area contributed by atoms with Crippen LogP contribution < -0.4 is 10.6 Å². The summed E-state index contributed by atoms with van der Waals surface area (Å²) in [5, 5.41) is 6.58. The molecule has 2 fully saturated rings. The van der Waals surface area contributed by atoms with Crippen molar-refractivity contribution in [2.24, 2.45) is 5.92 Å². The molecule has 2 saturated carbocycles. The van der Waals surface area contributed by atoms with E-state index in [1.54, 1.807) is 27.2 Å². The number of nitrogens with zero attached hydrogens (tertiary/aromatic N) is 4. The van der Waals surface area contributed by atoms with E-state index < -0.39 is 47.4 Å². The number of rotatable bonds is 23. The fourth-order valence-electron chi connectivity index (χ4n) is 11.4. The molecule has 2 aliphatic rings. The largest absolute Gasteiger partial charge is 0.444 e. The van der Waals surface area contributed by atoms with Crippen LogP contribution in [0.25, 0.3) is 0 Å². The van der Waals surface area contributed by atoms with E-state index in [0.717, 1.165) is 32.2 Å². The second kappa shape index (κ2) is 31.5. The van der Waals surface area contributed by atoms with E-state index >= 15 is 9.59 Å². The number of esters is 1. The maximum Gasteiger partial charge on any atom is 0.310 e. The number of halogens is 1. The molecule has 4 atom stereocenters. The lowest BCUT2D eigenvalue weighted by Gasteiger charge is -2.41. The highest BCUT2D eigenvalue weighted by Gasteiger charge is 2.49. The SMILES string of the molecule is CC[C@H](C)[C@@H](C(=O)N(C)[C@@H](CC(=O)OC(c1ccccc1)(c1ccc(C2CCCCCCCCCCCCCC2)cc1)c1ccccc1Cl)C(=O)N(C)C)N(C)C(=O)C1(NC(=O)CNCCOCCN(C)C)CCCC1. The van der Waals surface area contributed by atoms with E-state index in [-0.39, 0.29) is 24.3 Å². The monoisotopic (exact) mass is 1070 g/mol. The normalized spacial score (nSPS) is 18.0. The third kappa shape index (κ3) is 17.3. The minimum Gasteiger partial charge on any atom is -0.444 e. The summed E-state index contributed by atoms with van der Waals surface area (Å²) in [5.74, 6) is -2.33. The molecule has 420 valence electrons. The zero-order valence-corrected chi connectivity index (χ0v) is 48.3. The van der Waals surface area contributed by atoms with E-state index in [1.807, 2.05) is 81.4 Å². The van der Waals surface area contributed by atoms with E-state index in [0.29, 0.717) is 66.7 Å². The molecule has 3 aromatic carbocycles. The Balaban J connectivity index is 1.44. The van der Waals surface area contributed by atoms with Crippen molar-refractivity contribution in [1.29, 1.82) is 0 Å². The van der Waals surface area contributed by atoms with Gasteiger partial charge in [0, 0.05) is 63.0 Å². The van der Waals surface area contributed by atoms with Crippen LogP contribution in [0.2, 0.25) is 5.02 Å². The lowest BCUT2D eigenvalue weighted by Crippen LogP contribution is -2.63. The molecule has 0 radical (unpaired) electrons. The minimum absolute atomic E-state index is 0.00445. The molecule has 0 spiro atoms. The van der Waals surface area contributed by atoms with Crippen molar-refractivity contribution in [1.82, 2.24) is 30.2 Å². The Morgan fingerprint density at radius 2 is 1.24 bits per heavy atom.